The van der Waals surface area contributed by atoms with Gasteiger partial charge in [-0.3, -0.25) is 0 Å². The van der Waals surface area contributed by atoms with Crippen LogP contribution in [0.3, 0.4) is 0 Å². The zero-order chi connectivity index (χ0) is 15.0. The molecule has 0 aliphatic rings. The second kappa shape index (κ2) is 8.18. The number of ether oxygens (including phenoxy) is 1. The van der Waals surface area contributed by atoms with Gasteiger partial charge in [-0.15, -0.1) is 0 Å². The third-order valence-corrected chi connectivity index (χ3v) is 2.47. The van der Waals surface area contributed by atoms with Crippen molar-refractivity contribution in [3.63, 3.8) is 0 Å². The molecule has 0 fully saturated rings. The summed E-state index contributed by atoms with van der Waals surface area (Å²) in [7, 11) is -1.59. The molecule has 0 spiro atoms. The van der Waals surface area contributed by atoms with E-state index < -0.39 is 13.1 Å². The molecule has 0 aliphatic carbocycles. The number of hydrazone groups is 1. The molecule has 5 N–H and O–H groups in total. The summed E-state index contributed by atoms with van der Waals surface area (Å²) in [5.74, 6) is 0.540. The topological polar surface area (TPSA) is 117 Å². The van der Waals surface area contributed by atoms with Crippen LogP contribution in [0.4, 0.5) is 4.79 Å². The van der Waals surface area contributed by atoms with E-state index >= 15 is 0 Å². The third-order valence-electron chi connectivity index (χ3n) is 2.47. The van der Waals surface area contributed by atoms with Crippen LogP contribution in [0.15, 0.2) is 23.3 Å². The van der Waals surface area contributed by atoms with E-state index in [4.69, 9.17) is 20.5 Å². The van der Waals surface area contributed by atoms with Gasteiger partial charge in [0.15, 0.2) is 0 Å². The first-order valence-electron chi connectivity index (χ1n) is 6.26. The number of nitrogens with one attached hydrogen (secondary N) is 1. The minimum Gasteiger partial charge on any atom is -0.493 e. The normalized spacial score (nSPS) is 10.6. The molecule has 0 unspecified atom stereocenters. The number of hydrogen-bond donors (Lipinski definition) is 4. The summed E-state index contributed by atoms with van der Waals surface area (Å²) in [5.41, 5.74) is 7.77. The van der Waals surface area contributed by atoms with Crippen molar-refractivity contribution < 1.29 is 19.6 Å². The van der Waals surface area contributed by atoms with Gasteiger partial charge in [0.05, 0.1) is 12.8 Å². The Labute approximate surface area is 117 Å². The first-order valence-corrected chi connectivity index (χ1v) is 6.26. The number of carbonyl (C=O) groups excluding carboxylic acids is 1. The number of urea groups is 1. The summed E-state index contributed by atoms with van der Waals surface area (Å²) < 4.78 is 5.57. The summed E-state index contributed by atoms with van der Waals surface area (Å²) in [5, 5.41) is 21.9. The van der Waals surface area contributed by atoms with E-state index in [9.17, 15) is 4.79 Å². The van der Waals surface area contributed by atoms with E-state index in [-0.39, 0.29) is 0 Å². The molecular weight excluding hydrogens is 261 g/mol. The van der Waals surface area contributed by atoms with Crippen molar-refractivity contribution in [1.29, 1.82) is 0 Å². The molecule has 1 rings (SSSR count). The molecule has 0 aliphatic heterocycles. The molecule has 0 radical (unpaired) electrons. The number of hydrogen-bond acceptors (Lipinski definition) is 5. The Kier molecular flexibility index (Phi) is 6.55. The number of carbonyl (C=O) groups is 1. The fourth-order valence-electron chi connectivity index (χ4n) is 1.45. The van der Waals surface area contributed by atoms with E-state index in [0.717, 1.165) is 12.8 Å². The second-order valence-corrected chi connectivity index (χ2v) is 4.11. The fourth-order valence-corrected chi connectivity index (χ4v) is 1.45. The number of unbranched alkanes of at least 4 members (excludes halogenated alkanes) is 1. The summed E-state index contributed by atoms with van der Waals surface area (Å²) in [6, 6.07) is 3.90. The highest BCUT2D eigenvalue weighted by atomic mass is 16.5. The van der Waals surface area contributed by atoms with Crippen LogP contribution in [-0.2, 0) is 0 Å². The quantitative estimate of drug-likeness (QED) is 0.234. The average Bonchev–Trinajstić information content (AvgIpc) is 2.39. The van der Waals surface area contributed by atoms with E-state index in [1.165, 1.54) is 12.3 Å². The van der Waals surface area contributed by atoms with Crippen LogP contribution in [0, 0.1) is 0 Å². The van der Waals surface area contributed by atoms with Gasteiger partial charge in [0.25, 0.3) is 0 Å². The SMILES string of the molecule is CCCCOc1ccc(B(O)O)cc1C=NNC(N)=O. The molecule has 1 aromatic carbocycles. The lowest BCUT2D eigenvalue weighted by molar-refractivity contribution is 0.249. The Morgan fingerprint density at radius 3 is 2.90 bits per heavy atom. The van der Waals surface area contributed by atoms with E-state index in [1.54, 1.807) is 12.1 Å². The minimum absolute atomic E-state index is 0.299. The lowest BCUT2D eigenvalue weighted by atomic mass is 9.79. The Hall–Kier alpha value is -2.06. The Bertz CT molecular complexity index is 480. The molecule has 0 saturated carbocycles. The van der Waals surface area contributed by atoms with Crippen molar-refractivity contribution in [3.05, 3.63) is 23.8 Å². The molecule has 0 aromatic heterocycles. The van der Waals surface area contributed by atoms with Gasteiger partial charge in [0.1, 0.15) is 5.75 Å². The van der Waals surface area contributed by atoms with Crippen LogP contribution in [-0.4, -0.2) is 36.0 Å². The molecule has 0 bridgehead atoms. The summed E-state index contributed by atoms with van der Waals surface area (Å²) in [4.78, 5) is 10.5. The van der Waals surface area contributed by atoms with Crippen LogP contribution < -0.4 is 21.4 Å². The van der Waals surface area contributed by atoms with Gasteiger partial charge in [-0.25, -0.2) is 10.2 Å². The summed E-state index contributed by atoms with van der Waals surface area (Å²) in [6.07, 6.45) is 3.23. The van der Waals surface area contributed by atoms with Crippen LogP contribution in [0.1, 0.15) is 25.3 Å². The molecule has 0 heterocycles. The maximum atomic E-state index is 10.5. The monoisotopic (exact) mass is 279 g/mol. The molecule has 108 valence electrons. The molecule has 1 aromatic rings. The highest BCUT2D eigenvalue weighted by Crippen LogP contribution is 2.15. The molecule has 0 saturated heterocycles. The van der Waals surface area contributed by atoms with Crippen molar-refractivity contribution in [2.24, 2.45) is 10.8 Å². The minimum atomic E-state index is -1.59. The molecule has 0 atom stereocenters. The predicted octanol–water partition coefficient (Wildman–Crippen LogP) is -0.453. The Balaban J connectivity index is 2.90. The number of benzene rings is 1. The average molecular weight is 279 g/mol. The predicted molar refractivity (Wildman–Crippen MR) is 77.0 cm³/mol. The van der Waals surface area contributed by atoms with Crippen LogP contribution in [0.2, 0.25) is 0 Å². The first-order chi connectivity index (χ1) is 9.54. The second-order valence-electron chi connectivity index (χ2n) is 4.11. The number of primary amides is 1. The number of nitrogens with zero attached hydrogens (tertiary/aromatic N) is 1. The van der Waals surface area contributed by atoms with Crippen LogP contribution >= 0.6 is 0 Å². The standard InChI is InChI=1S/C12H18BN3O4/c1-2-3-6-20-11-5-4-10(13(18)19)7-9(11)8-15-16-12(14)17/h4-5,7-8,18-19H,2-3,6H2,1H3,(H3,14,16,17). The highest BCUT2D eigenvalue weighted by molar-refractivity contribution is 6.58. The molecule has 8 heteroatoms. The fraction of sp³-hybridized carbons (Fsp3) is 0.333. The van der Waals surface area contributed by atoms with Crippen LogP contribution in [0.25, 0.3) is 0 Å². The van der Waals surface area contributed by atoms with E-state index in [1.807, 2.05) is 6.92 Å². The largest absolute Gasteiger partial charge is 0.493 e. The molecular formula is C12H18BN3O4. The zero-order valence-corrected chi connectivity index (χ0v) is 11.2. The number of rotatable bonds is 7. The van der Waals surface area contributed by atoms with Gasteiger partial charge < -0.3 is 20.5 Å². The van der Waals surface area contributed by atoms with Crippen molar-refractivity contribution >= 4 is 24.8 Å². The maximum absolute atomic E-state index is 10.5. The third kappa shape index (κ3) is 5.29. The summed E-state index contributed by atoms with van der Waals surface area (Å²) >= 11 is 0. The molecule has 2 amide bonds. The van der Waals surface area contributed by atoms with Crippen molar-refractivity contribution in [2.45, 2.75) is 19.8 Å². The lowest BCUT2D eigenvalue weighted by Crippen LogP contribution is -2.30. The van der Waals surface area contributed by atoms with Gasteiger partial charge in [-0.2, -0.15) is 5.10 Å². The van der Waals surface area contributed by atoms with Gasteiger partial charge in [0, 0.05) is 5.56 Å². The van der Waals surface area contributed by atoms with Crippen molar-refractivity contribution in [3.8, 4) is 5.75 Å². The number of amides is 2. The van der Waals surface area contributed by atoms with E-state index in [0.29, 0.717) is 23.4 Å². The molecule has 20 heavy (non-hydrogen) atoms. The van der Waals surface area contributed by atoms with E-state index in [2.05, 4.69) is 10.5 Å². The highest BCUT2D eigenvalue weighted by Gasteiger charge is 2.13. The lowest BCUT2D eigenvalue weighted by Gasteiger charge is -2.10. The smallest absolute Gasteiger partial charge is 0.488 e. The Morgan fingerprint density at radius 2 is 2.30 bits per heavy atom. The van der Waals surface area contributed by atoms with Gasteiger partial charge in [-0.05, 0) is 24.0 Å². The Morgan fingerprint density at radius 1 is 1.55 bits per heavy atom. The zero-order valence-electron chi connectivity index (χ0n) is 11.2. The van der Waals surface area contributed by atoms with Gasteiger partial charge in [0.2, 0.25) is 0 Å². The van der Waals surface area contributed by atoms with Gasteiger partial charge in [-0.1, -0.05) is 19.4 Å². The van der Waals surface area contributed by atoms with Gasteiger partial charge >= 0.3 is 13.1 Å². The van der Waals surface area contributed by atoms with Crippen molar-refractivity contribution in [1.82, 2.24) is 5.43 Å². The summed E-state index contributed by atoms with van der Waals surface area (Å²) in [6.45, 7) is 2.59. The number of nitrogens with two attached hydrogens (primary N) is 1. The first kappa shape index (κ1) is 16.0. The maximum Gasteiger partial charge on any atom is 0.488 e. The molecule has 7 nitrogen and oxygen atoms in total. The van der Waals surface area contributed by atoms with Crippen LogP contribution in [0.5, 0.6) is 5.75 Å². The van der Waals surface area contributed by atoms with Crippen molar-refractivity contribution in [2.75, 3.05) is 6.61 Å².